The highest BCUT2D eigenvalue weighted by Gasteiger charge is 2.34. The summed E-state index contributed by atoms with van der Waals surface area (Å²) in [6.45, 7) is 8.72. The second-order valence-corrected chi connectivity index (χ2v) is 8.46. The molecule has 0 saturated carbocycles. The first kappa shape index (κ1) is 24.7. The van der Waals surface area contributed by atoms with Crippen molar-refractivity contribution in [2.24, 2.45) is 11.0 Å². The fourth-order valence-corrected chi connectivity index (χ4v) is 4.88. The predicted octanol–water partition coefficient (Wildman–Crippen LogP) is 4.85. The van der Waals surface area contributed by atoms with Crippen LogP contribution in [0.25, 0.3) is 11.1 Å². The topological polar surface area (TPSA) is 57.2 Å². The molecular weight excluding hydrogens is 419 g/mol. The van der Waals surface area contributed by atoms with Gasteiger partial charge in [0.05, 0.1) is 5.69 Å². The molecule has 1 N–H and O–H groups in total. The summed E-state index contributed by atoms with van der Waals surface area (Å²) in [7, 11) is 2.14. The van der Waals surface area contributed by atoms with E-state index in [0.717, 1.165) is 36.3 Å². The highest BCUT2D eigenvalue weighted by atomic mass is 19.1. The molecule has 33 heavy (non-hydrogen) atoms. The van der Waals surface area contributed by atoms with Crippen LogP contribution in [0.15, 0.2) is 41.5 Å². The molecule has 2 aromatic carbocycles. The largest absolute Gasteiger partial charge is 0.483 e. The number of nitrogens with zero attached hydrogens (tertiary/aromatic N) is 3. The second kappa shape index (κ2) is 10.3. The van der Waals surface area contributed by atoms with Crippen molar-refractivity contribution < 1.29 is 13.9 Å². The summed E-state index contributed by atoms with van der Waals surface area (Å²) in [6.07, 6.45) is 1.00. The van der Waals surface area contributed by atoms with E-state index in [1.165, 1.54) is 6.07 Å². The van der Waals surface area contributed by atoms with Crippen molar-refractivity contribution in [2.75, 3.05) is 38.2 Å². The molecule has 2 aromatic rings. The van der Waals surface area contributed by atoms with E-state index in [1.54, 1.807) is 6.07 Å². The van der Waals surface area contributed by atoms with Crippen LogP contribution in [0.1, 0.15) is 46.1 Å². The van der Waals surface area contributed by atoms with Crippen molar-refractivity contribution >= 4 is 17.4 Å². The Morgan fingerprint density at radius 2 is 1.94 bits per heavy atom. The highest BCUT2D eigenvalue weighted by Crippen LogP contribution is 2.45. The Hall–Kier alpha value is -2.93. The molecule has 0 aromatic heterocycles. The van der Waals surface area contributed by atoms with Crippen molar-refractivity contribution in [2.45, 2.75) is 40.5 Å². The molecule has 3 heterocycles. The Kier molecular flexibility index (Phi) is 7.74. The number of halogens is 1. The lowest BCUT2D eigenvalue weighted by Gasteiger charge is -2.38. The molecule has 6 nitrogen and oxygen atoms in total. The Balaban J connectivity index is 0.000000994. The van der Waals surface area contributed by atoms with Crippen LogP contribution in [0.3, 0.4) is 0 Å². The molecule has 3 aliphatic rings. The van der Waals surface area contributed by atoms with E-state index in [4.69, 9.17) is 4.74 Å². The maximum atomic E-state index is 14.8. The minimum absolute atomic E-state index is 0. The van der Waals surface area contributed by atoms with Gasteiger partial charge in [0.2, 0.25) is 0 Å². The number of hydrazone groups is 1. The van der Waals surface area contributed by atoms with E-state index in [0.29, 0.717) is 29.0 Å². The monoisotopic (exact) mass is 454 g/mol. The van der Waals surface area contributed by atoms with Gasteiger partial charge in [-0.1, -0.05) is 46.4 Å². The van der Waals surface area contributed by atoms with Crippen molar-refractivity contribution in [3.63, 3.8) is 0 Å². The average Bonchev–Trinajstić information content (AvgIpc) is 2.80. The number of piperidine rings is 1. The number of hydrogen-bond donors (Lipinski definition) is 1. The first-order valence-corrected chi connectivity index (χ1v) is 11.4. The Labute approximate surface area is 196 Å². The van der Waals surface area contributed by atoms with Crippen molar-refractivity contribution in [3.8, 4) is 16.9 Å². The third-order valence-corrected chi connectivity index (χ3v) is 6.37. The second-order valence-electron chi connectivity index (χ2n) is 8.46. The van der Waals surface area contributed by atoms with Crippen LogP contribution in [-0.4, -0.2) is 49.9 Å². The fourth-order valence-electron chi connectivity index (χ4n) is 4.88. The van der Waals surface area contributed by atoms with Crippen LogP contribution in [0.4, 0.5) is 10.1 Å². The third kappa shape index (κ3) is 4.74. The SMILES string of the molecule is C.CC.CC1CN(C)CCC1c1cc2c(cc1-c1ccccc1F)OCC1=NNC(=O)CN12. The summed E-state index contributed by atoms with van der Waals surface area (Å²) < 4.78 is 20.8. The van der Waals surface area contributed by atoms with Crippen LogP contribution >= 0.6 is 0 Å². The zero-order chi connectivity index (χ0) is 22.8. The van der Waals surface area contributed by atoms with Crippen LogP contribution in [0.5, 0.6) is 5.75 Å². The summed E-state index contributed by atoms with van der Waals surface area (Å²) in [4.78, 5) is 16.2. The fraction of sp³-hybridized carbons (Fsp3) is 0.462. The van der Waals surface area contributed by atoms with E-state index in [-0.39, 0.29) is 32.3 Å². The number of fused-ring (bicyclic) bond motifs is 3. The summed E-state index contributed by atoms with van der Waals surface area (Å²) in [6, 6.07) is 10.9. The van der Waals surface area contributed by atoms with Gasteiger partial charge < -0.3 is 14.5 Å². The van der Waals surface area contributed by atoms with Gasteiger partial charge in [0.15, 0.2) is 5.84 Å². The molecule has 178 valence electrons. The predicted molar refractivity (Wildman–Crippen MR) is 132 cm³/mol. The van der Waals surface area contributed by atoms with Crippen molar-refractivity contribution in [3.05, 3.63) is 47.8 Å². The van der Waals surface area contributed by atoms with Gasteiger partial charge in [0.1, 0.15) is 24.7 Å². The number of ether oxygens (including phenoxy) is 1. The van der Waals surface area contributed by atoms with Gasteiger partial charge in [-0.3, -0.25) is 4.79 Å². The van der Waals surface area contributed by atoms with Crippen molar-refractivity contribution in [1.29, 1.82) is 0 Å². The number of amides is 1. The highest BCUT2D eigenvalue weighted by molar-refractivity contribution is 6.08. The molecule has 7 heteroatoms. The van der Waals surface area contributed by atoms with E-state index >= 15 is 0 Å². The molecule has 0 spiro atoms. The minimum atomic E-state index is -0.241. The number of likely N-dealkylation sites (tertiary alicyclic amines) is 1. The number of carbonyl (C=O) groups is 1. The van der Waals surface area contributed by atoms with E-state index in [1.807, 2.05) is 36.9 Å². The summed E-state index contributed by atoms with van der Waals surface area (Å²) in [5.41, 5.74) is 5.91. The molecule has 0 radical (unpaired) electrons. The van der Waals surface area contributed by atoms with Gasteiger partial charge >= 0.3 is 0 Å². The number of amidine groups is 1. The summed E-state index contributed by atoms with van der Waals surface area (Å²) >= 11 is 0. The normalized spacial score (nSPS) is 21.8. The Morgan fingerprint density at radius 1 is 1.18 bits per heavy atom. The molecule has 2 unspecified atom stereocenters. The van der Waals surface area contributed by atoms with E-state index in [9.17, 15) is 9.18 Å². The zero-order valence-electron chi connectivity index (χ0n) is 19.2. The number of anilines is 1. The number of nitrogens with one attached hydrogen (secondary N) is 1. The zero-order valence-corrected chi connectivity index (χ0v) is 19.2. The molecule has 0 bridgehead atoms. The molecule has 0 aliphatic carbocycles. The molecule has 2 atom stereocenters. The van der Waals surface area contributed by atoms with Crippen LogP contribution in [0.2, 0.25) is 0 Å². The smallest absolute Gasteiger partial charge is 0.260 e. The third-order valence-electron chi connectivity index (χ3n) is 6.37. The molecule has 1 saturated heterocycles. The van der Waals surface area contributed by atoms with E-state index < -0.39 is 0 Å². The lowest BCUT2D eigenvalue weighted by molar-refractivity contribution is -0.119. The lowest BCUT2D eigenvalue weighted by atomic mass is 9.78. The summed E-state index contributed by atoms with van der Waals surface area (Å²) in [5, 5.41) is 4.14. The molecule has 1 amide bonds. The maximum absolute atomic E-state index is 14.8. The molecule has 5 rings (SSSR count). The summed E-state index contributed by atoms with van der Waals surface area (Å²) in [5.74, 6) is 1.67. The Bertz CT molecular complexity index is 1040. The van der Waals surface area contributed by atoms with Gasteiger partial charge in [0, 0.05) is 12.1 Å². The van der Waals surface area contributed by atoms with Crippen LogP contribution < -0.4 is 15.1 Å². The minimum Gasteiger partial charge on any atom is -0.483 e. The van der Waals surface area contributed by atoms with Gasteiger partial charge in [-0.05, 0) is 61.2 Å². The number of benzene rings is 2. The average molecular weight is 455 g/mol. The number of hydrogen-bond acceptors (Lipinski definition) is 5. The molecular formula is C26H35FN4O2. The number of rotatable bonds is 2. The molecule has 3 aliphatic heterocycles. The van der Waals surface area contributed by atoms with Gasteiger partial charge in [-0.2, -0.15) is 5.10 Å². The van der Waals surface area contributed by atoms with Gasteiger partial charge in [-0.15, -0.1) is 0 Å². The van der Waals surface area contributed by atoms with Crippen LogP contribution in [0, 0.1) is 11.7 Å². The quantitative estimate of drug-likeness (QED) is 0.705. The maximum Gasteiger partial charge on any atom is 0.260 e. The molecule has 1 fully saturated rings. The van der Waals surface area contributed by atoms with Crippen LogP contribution in [-0.2, 0) is 4.79 Å². The van der Waals surface area contributed by atoms with E-state index in [2.05, 4.69) is 35.5 Å². The first-order valence-electron chi connectivity index (χ1n) is 11.4. The van der Waals surface area contributed by atoms with Crippen molar-refractivity contribution in [1.82, 2.24) is 10.3 Å². The lowest BCUT2D eigenvalue weighted by Crippen LogP contribution is -2.49. The van der Waals surface area contributed by atoms with Gasteiger partial charge in [0.25, 0.3) is 5.91 Å². The number of carbonyl (C=O) groups excluding carboxylic acids is 1. The Morgan fingerprint density at radius 3 is 2.67 bits per heavy atom. The van der Waals surface area contributed by atoms with Gasteiger partial charge in [-0.25, -0.2) is 9.82 Å². The standard InChI is InChI=1S/C23H25FN4O2.C2H6.CH4/c1-14-11-27(2)8-7-15(14)17-9-20-21(10-18(17)16-5-3-4-6-19(16)24)30-13-22-25-26-23(29)12-28(20)22;1-2;/h3-6,9-10,14-15H,7-8,11-13H2,1-2H3,(H,26,29);1-2H3;1H4. The first-order chi connectivity index (χ1) is 15.5.